The van der Waals surface area contributed by atoms with Crippen molar-refractivity contribution in [2.24, 2.45) is 5.92 Å². The quantitative estimate of drug-likeness (QED) is 0.675. The normalized spacial score (nSPS) is 25.9. The number of hydrogen-bond donors (Lipinski definition) is 0. The Labute approximate surface area is 94.1 Å². The fourth-order valence-corrected chi connectivity index (χ4v) is 2.37. The Bertz CT molecular complexity index is 258. The first-order valence-electron chi connectivity index (χ1n) is 6.04. The molecule has 1 heteroatoms. The minimum atomic E-state index is 0.640. The van der Waals surface area contributed by atoms with E-state index in [1.807, 2.05) is 13.8 Å². The van der Waals surface area contributed by atoms with Gasteiger partial charge in [0, 0.05) is 6.04 Å². The van der Waals surface area contributed by atoms with Gasteiger partial charge in [-0.25, -0.2) is 0 Å². The van der Waals surface area contributed by atoms with Crippen molar-refractivity contribution in [1.29, 1.82) is 0 Å². The van der Waals surface area contributed by atoms with Crippen LogP contribution in [0.3, 0.4) is 0 Å². The van der Waals surface area contributed by atoms with E-state index in [4.69, 9.17) is 0 Å². The smallest absolute Gasteiger partial charge is 0.0371 e. The van der Waals surface area contributed by atoms with Crippen LogP contribution >= 0.6 is 0 Å². The molecule has 0 amide bonds. The standard InChI is InChI=1S/C12H17N.C2H6/c1-10-8-9-13(2)12(10)11-6-4-3-5-7-11;1-2/h3-7,10,12H,8-9H2,1-2H3;1-2H3. The molecule has 0 radical (unpaired) electrons. The van der Waals surface area contributed by atoms with E-state index in [1.165, 1.54) is 18.5 Å². The molecule has 2 rings (SSSR count). The summed E-state index contributed by atoms with van der Waals surface area (Å²) in [7, 11) is 2.22. The highest BCUT2D eigenvalue weighted by Crippen LogP contribution is 2.35. The van der Waals surface area contributed by atoms with Crippen molar-refractivity contribution in [3.8, 4) is 0 Å². The van der Waals surface area contributed by atoms with Gasteiger partial charge in [0.25, 0.3) is 0 Å². The van der Waals surface area contributed by atoms with Crippen molar-refractivity contribution < 1.29 is 0 Å². The second kappa shape index (κ2) is 5.92. The van der Waals surface area contributed by atoms with Gasteiger partial charge < -0.3 is 0 Å². The Morgan fingerprint density at radius 2 is 1.73 bits per heavy atom. The van der Waals surface area contributed by atoms with Crippen LogP contribution in [0.4, 0.5) is 0 Å². The summed E-state index contributed by atoms with van der Waals surface area (Å²) in [6, 6.07) is 11.5. The summed E-state index contributed by atoms with van der Waals surface area (Å²) >= 11 is 0. The molecule has 0 spiro atoms. The molecule has 1 aliphatic heterocycles. The molecule has 2 unspecified atom stereocenters. The first kappa shape index (κ1) is 12.3. The zero-order chi connectivity index (χ0) is 11.3. The van der Waals surface area contributed by atoms with Crippen LogP contribution in [0, 0.1) is 5.92 Å². The van der Waals surface area contributed by atoms with Gasteiger partial charge in [-0.1, -0.05) is 51.1 Å². The Balaban J connectivity index is 0.000000531. The van der Waals surface area contributed by atoms with Crippen LogP contribution in [0.15, 0.2) is 30.3 Å². The lowest BCUT2D eigenvalue weighted by molar-refractivity contribution is 0.285. The molecule has 15 heavy (non-hydrogen) atoms. The number of hydrogen-bond acceptors (Lipinski definition) is 1. The minimum absolute atomic E-state index is 0.640. The third kappa shape index (κ3) is 2.82. The average molecular weight is 205 g/mol. The molecule has 0 N–H and O–H groups in total. The highest BCUT2D eigenvalue weighted by Gasteiger charge is 2.29. The summed E-state index contributed by atoms with van der Waals surface area (Å²) in [4.78, 5) is 2.46. The van der Waals surface area contributed by atoms with Crippen LogP contribution in [-0.4, -0.2) is 18.5 Å². The molecule has 2 atom stereocenters. The molecule has 84 valence electrons. The summed E-state index contributed by atoms with van der Waals surface area (Å²) in [5.74, 6) is 0.799. The molecule has 1 fully saturated rings. The lowest BCUT2D eigenvalue weighted by Crippen LogP contribution is -2.19. The maximum atomic E-state index is 2.46. The number of rotatable bonds is 1. The second-order valence-corrected chi connectivity index (χ2v) is 4.10. The van der Waals surface area contributed by atoms with E-state index in [-0.39, 0.29) is 0 Å². The van der Waals surface area contributed by atoms with E-state index in [0.717, 1.165) is 5.92 Å². The molecule has 1 aromatic carbocycles. The maximum absolute atomic E-state index is 2.46. The second-order valence-electron chi connectivity index (χ2n) is 4.10. The molecule has 1 saturated heterocycles. The van der Waals surface area contributed by atoms with E-state index in [2.05, 4.69) is 49.2 Å². The molecular formula is C14H23N. The number of nitrogens with zero attached hydrogens (tertiary/aromatic N) is 1. The molecular weight excluding hydrogens is 182 g/mol. The largest absolute Gasteiger partial charge is 0.299 e. The van der Waals surface area contributed by atoms with Gasteiger partial charge in [0.15, 0.2) is 0 Å². The van der Waals surface area contributed by atoms with Gasteiger partial charge in [-0.2, -0.15) is 0 Å². The van der Waals surface area contributed by atoms with Crippen LogP contribution in [0.25, 0.3) is 0 Å². The fourth-order valence-electron chi connectivity index (χ4n) is 2.37. The zero-order valence-corrected chi connectivity index (χ0v) is 10.4. The summed E-state index contributed by atoms with van der Waals surface area (Å²) in [5, 5.41) is 0. The van der Waals surface area contributed by atoms with Gasteiger partial charge in [0.05, 0.1) is 0 Å². The molecule has 1 heterocycles. The van der Waals surface area contributed by atoms with Crippen LogP contribution in [-0.2, 0) is 0 Å². The van der Waals surface area contributed by atoms with E-state index < -0.39 is 0 Å². The van der Waals surface area contributed by atoms with Crippen molar-refractivity contribution >= 4 is 0 Å². The van der Waals surface area contributed by atoms with Gasteiger partial charge in [0.2, 0.25) is 0 Å². The molecule has 1 aliphatic rings. The maximum Gasteiger partial charge on any atom is 0.0371 e. The Kier molecular flexibility index (Phi) is 4.83. The minimum Gasteiger partial charge on any atom is -0.299 e. The zero-order valence-electron chi connectivity index (χ0n) is 10.4. The lowest BCUT2D eigenvalue weighted by atomic mass is 9.96. The number of likely N-dealkylation sites (tertiary alicyclic amines) is 1. The monoisotopic (exact) mass is 205 g/mol. The first-order chi connectivity index (χ1) is 7.29. The van der Waals surface area contributed by atoms with Crippen LogP contribution < -0.4 is 0 Å². The average Bonchev–Trinajstić information content (AvgIpc) is 2.63. The molecule has 0 aliphatic carbocycles. The van der Waals surface area contributed by atoms with Crippen LogP contribution in [0.2, 0.25) is 0 Å². The van der Waals surface area contributed by atoms with Crippen LogP contribution in [0.5, 0.6) is 0 Å². The lowest BCUT2D eigenvalue weighted by Gasteiger charge is -2.23. The predicted octanol–water partition coefficient (Wildman–Crippen LogP) is 3.73. The summed E-state index contributed by atoms with van der Waals surface area (Å²) in [6.07, 6.45) is 1.33. The van der Waals surface area contributed by atoms with Crippen molar-refractivity contribution in [2.45, 2.75) is 33.2 Å². The third-order valence-electron chi connectivity index (χ3n) is 3.09. The van der Waals surface area contributed by atoms with Gasteiger partial charge >= 0.3 is 0 Å². The first-order valence-corrected chi connectivity index (χ1v) is 6.04. The SMILES string of the molecule is CC.CC1CCN(C)C1c1ccccc1. The molecule has 0 bridgehead atoms. The summed E-state index contributed by atoms with van der Waals surface area (Å²) in [5.41, 5.74) is 1.47. The Hall–Kier alpha value is -0.820. The Morgan fingerprint density at radius 1 is 1.13 bits per heavy atom. The van der Waals surface area contributed by atoms with Crippen LogP contribution in [0.1, 0.15) is 38.8 Å². The van der Waals surface area contributed by atoms with Crippen molar-refractivity contribution in [3.05, 3.63) is 35.9 Å². The summed E-state index contributed by atoms with van der Waals surface area (Å²) in [6.45, 7) is 7.59. The number of benzene rings is 1. The van der Waals surface area contributed by atoms with E-state index >= 15 is 0 Å². The molecule has 0 aromatic heterocycles. The highest BCUT2D eigenvalue weighted by atomic mass is 15.2. The van der Waals surface area contributed by atoms with E-state index in [0.29, 0.717) is 6.04 Å². The van der Waals surface area contributed by atoms with Crippen molar-refractivity contribution in [2.75, 3.05) is 13.6 Å². The molecule has 1 aromatic rings. The fraction of sp³-hybridized carbons (Fsp3) is 0.571. The van der Waals surface area contributed by atoms with Gasteiger partial charge in [0.1, 0.15) is 0 Å². The third-order valence-corrected chi connectivity index (χ3v) is 3.09. The van der Waals surface area contributed by atoms with E-state index in [9.17, 15) is 0 Å². The van der Waals surface area contributed by atoms with Crippen molar-refractivity contribution in [1.82, 2.24) is 4.90 Å². The van der Waals surface area contributed by atoms with E-state index in [1.54, 1.807) is 0 Å². The summed E-state index contributed by atoms with van der Waals surface area (Å²) < 4.78 is 0. The topological polar surface area (TPSA) is 3.24 Å². The molecule has 0 saturated carbocycles. The Morgan fingerprint density at radius 3 is 2.20 bits per heavy atom. The predicted molar refractivity (Wildman–Crippen MR) is 66.9 cm³/mol. The van der Waals surface area contributed by atoms with Gasteiger partial charge in [-0.05, 0) is 31.5 Å². The van der Waals surface area contributed by atoms with Gasteiger partial charge in [-0.3, -0.25) is 4.90 Å². The van der Waals surface area contributed by atoms with Gasteiger partial charge in [-0.15, -0.1) is 0 Å². The van der Waals surface area contributed by atoms with Crippen molar-refractivity contribution in [3.63, 3.8) is 0 Å². The molecule has 1 nitrogen and oxygen atoms in total. The highest BCUT2D eigenvalue weighted by molar-refractivity contribution is 5.20.